The van der Waals surface area contributed by atoms with Gasteiger partial charge in [-0.2, -0.15) is 0 Å². The molecule has 0 amide bonds. The summed E-state index contributed by atoms with van der Waals surface area (Å²) in [7, 11) is 1.93. The lowest BCUT2D eigenvalue weighted by Crippen LogP contribution is -1.96. The Morgan fingerprint density at radius 2 is 1.41 bits per heavy atom. The molecule has 0 saturated heterocycles. The van der Waals surface area contributed by atoms with Crippen molar-refractivity contribution in [3.63, 3.8) is 0 Å². The highest BCUT2D eigenvalue weighted by Crippen LogP contribution is 2.25. The largest absolute Gasteiger partial charge is 0.388 e. The lowest BCUT2D eigenvalue weighted by molar-refractivity contribution is 1.36. The van der Waals surface area contributed by atoms with E-state index in [1.54, 1.807) is 0 Å². The molecule has 0 saturated carbocycles. The van der Waals surface area contributed by atoms with Crippen molar-refractivity contribution in [1.82, 2.24) is 0 Å². The maximum absolute atomic E-state index is 3.48. The van der Waals surface area contributed by atoms with E-state index in [1.807, 2.05) is 13.1 Å². The van der Waals surface area contributed by atoms with Crippen molar-refractivity contribution in [3.05, 3.63) is 53.6 Å². The fourth-order valence-corrected chi connectivity index (χ4v) is 1.91. The lowest BCUT2D eigenvalue weighted by Gasteiger charge is -2.13. The lowest BCUT2D eigenvalue weighted by atomic mass is 10.1. The van der Waals surface area contributed by atoms with Crippen LogP contribution in [0.2, 0.25) is 0 Å². The molecule has 0 atom stereocenters. The molecule has 0 spiro atoms. The first-order valence-electron chi connectivity index (χ1n) is 5.82. The Kier molecular flexibility index (Phi) is 3.33. The van der Waals surface area contributed by atoms with Crippen molar-refractivity contribution < 1.29 is 0 Å². The van der Waals surface area contributed by atoms with Gasteiger partial charge < -0.3 is 10.6 Å². The third kappa shape index (κ3) is 2.59. The summed E-state index contributed by atoms with van der Waals surface area (Å²) in [6.45, 7) is 4.24. The van der Waals surface area contributed by atoms with Gasteiger partial charge in [0.15, 0.2) is 0 Å². The molecule has 0 bridgehead atoms. The molecule has 2 heteroatoms. The molecule has 0 aromatic heterocycles. The van der Waals surface area contributed by atoms with Gasteiger partial charge in [-0.3, -0.25) is 0 Å². The van der Waals surface area contributed by atoms with Crippen LogP contribution in [0.5, 0.6) is 0 Å². The molecular formula is C15H18N2. The van der Waals surface area contributed by atoms with Crippen LogP contribution in [0.3, 0.4) is 0 Å². The van der Waals surface area contributed by atoms with Crippen LogP contribution in [0.4, 0.5) is 17.1 Å². The second kappa shape index (κ2) is 4.91. The molecule has 0 aliphatic heterocycles. The van der Waals surface area contributed by atoms with Gasteiger partial charge in [0.25, 0.3) is 0 Å². The van der Waals surface area contributed by atoms with Crippen LogP contribution < -0.4 is 10.6 Å². The van der Waals surface area contributed by atoms with Crippen molar-refractivity contribution in [2.24, 2.45) is 0 Å². The molecule has 2 N–H and O–H groups in total. The molecule has 2 aromatic carbocycles. The molecule has 0 unspecified atom stereocenters. The minimum Gasteiger partial charge on any atom is -0.388 e. The number of nitrogens with one attached hydrogen (secondary N) is 2. The Labute approximate surface area is 103 Å². The molecule has 88 valence electrons. The molecule has 2 rings (SSSR count). The number of rotatable bonds is 3. The highest BCUT2D eigenvalue weighted by Gasteiger charge is 2.02. The Morgan fingerprint density at radius 3 is 2.06 bits per heavy atom. The summed E-state index contributed by atoms with van der Waals surface area (Å²) in [6.07, 6.45) is 0. The van der Waals surface area contributed by atoms with E-state index in [-0.39, 0.29) is 0 Å². The van der Waals surface area contributed by atoms with E-state index in [1.165, 1.54) is 16.8 Å². The van der Waals surface area contributed by atoms with E-state index in [0.717, 1.165) is 11.4 Å². The third-order valence-corrected chi connectivity index (χ3v) is 2.90. The van der Waals surface area contributed by atoms with Crippen molar-refractivity contribution in [1.29, 1.82) is 0 Å². The first-order valence-corrected chi connectivity index (χ1v) is 5.82. The summed E-state index contributed by atoms with van der Waals surface area (Å²) in [4.78, 5) is 0. The second-order valence-corrected chi connectivity index (χ2v) is 4.22. The Bertz CT molecular complexity index is 498. The number of aryl methyl sites for hydroxylation is 2. The second-order valence-electron chi connectivity index (χ2n) is 4.22. The topological polar surface area (TPSA) is 24.1 Å². The molecular weight excluding hydrogens is 208 g/mol. The molecule has 0 aliphatic carbocycles. The maximum atomic E-state index is 3.48. The number of para-hydroxylation sites is 1. The van der Waals surface area contributed by atoms with Gasteiger partial charge in [0, 0.05) is 24.1 Å². The fourth-order valence-electron chi connectivity index (χ4n) is 1.91. The summed E-state index contributed by atoms with van der Waals surface area (Å²) in [5.41, 5.74) is 5.94. The number of anilines is 3. The third-order valence-electron chi connectivity index (χ3n) is 2.90. The van der Waals surface area contributed by atoms with Crippen LogP contribution in [0.25, 0.3) is 0 Å². The summed E-state index contributed by atoms with van der Waals surface area (Å²) in [5.74, 6) is 0. The summed E-state index contributed by atoms with van der Waals surface area (Å²) in [5, 5.41) is 6.62. The zero-order valence-electron chi connectivity index (χ0n) is 10.5. The van der Waals surface area contributed by atoms with Crippen LogP contribution in [-0.4, -0.2) is 7.05 Å². The molecule has 0 aliphatic rings. The Balaban J connectivity index is 2.31. The van der Waals surface area contributed by atoms with Gasteiger partial charge in [-0.1, -0.05) is 24.3 Å². The highest BCUT2D eigenvalue weighted by atomic mass is 14.9. The normalized spacial score (nSPS) is 10.1. The van der Waals surface area contributed by atoms with Crippen LogP contribution in [-0.2, 0) is 0 Å². The van der Waals surface area contributed by atoms with E-state index in [2.05, 4.69) is 60.9 Å². The molecule has 2 aromatic rings. The van der Waals surface area contributed by atoms with Crippen LogP contribution in [0, 0.1) is 13.8 Å². The van der Waals surface area contributed by atoms with Crippen LogP contribution >= 0.6 is 0 Å². The van der Waals surface area contributed by atoms with Crippen molar-refractivity contribution in [2.45, 2.75) is 13.8 Å². The smallest absolute Gasteiger partial charge is 0.0443 e. The minimum absolute atomic E-state index is 1.11. The van der Waals surface area contributed by atoms with Crippen molar-refractivity contribution in [2.75, 3.05) is 17.7 Å². The van der Waals surface area contributed by atoms with E-state index in [0.29, 0.717) is 0 Å². The Hall–Kier alpha value is -1.96. The number of hydrogen-bond donors (Lipinski definition) is 2. The molecule has 17 heavy (non-hydrogen) atoms. The van der Waals surface area contributed by atoms with Gasteiger partial charge in [0.05, 0.1) is 0 Å². The standard InChI is InChI=1S/C15H18N2/c1-11-6-4-7-12(2)15(11)17-14-9-5-8-13(10-14)16-3/h4-10,16-17H,1-3H3. The average Bonchev–Trinajstić information content (AvgIpc) is 2.34. The van der Waals surface area contributed by atoms with Gasteiger partial charge in [-0.15, -0.1) is 0 Å². The summed E-state index contributed by atoms with van der Waals surface area (Å²) >= 11 is 0. The SMILES string of the molecule is CNc1cccc(Nc2c(C)cccc2C)c1. The predicted molar refractivity (Wildman–Crippen MR) is 75.2 cm³/mol. The van der Waals surface area contributed by atoms with E-state index >= 15 is 0 Å². The fraction of sp³-hybridized carbons (Fsp3) is 0.200. The van der Waals surface area contributed by atoms with Crippen molar-refractivity contribution >= 4 is 17.1 Å². The average molecular weight is 226 g/mol. The van der Waals surface area contributed by atoms with Gasteiger partial charge in [0.1, 0.15) is 0 Å². The molecule has 0 heterocycles. The van der Waals surface area contributed by atoms with Crippen LogP contribution in [0.15, 0.2) is 42.5 Å². The molecule has 0 radical (unpaired) electrons. The van der Waals surface area contributed by atoms with Gasteiger partial charge in [-0.25, -0.2) is 0 Å². The quantitative estimate of drug-likeness (QED) is 0.823. The summed E-state index contributed by atoms with van der Waals surface area (Å²) in [6, 6.07) is 14.6. The number of hydrogen-bond acceptors (Lipinski definition) is 2. The predicted octanol–water partition coefficient (Wildman–Crippen LogP) is 4.09. The zero-order chi connectivity index (χ0) is 12.3. The van der Waals surface area contributed by atoms with Gasteiger partial charge in [-0.05, 0) is 43.2 Å². The molecule has 0 fully saturated rings. The minimum atomic E-state index is 1.11. The van der Waals surface area contributed by atoms with Crippen LogP contribution in [0.1, 0.15) is 11.1 Å². The Morgan fingerprint density at radius 1 is 0.824 bits per heavy atom. The maximum Gasteiger partial charge on any atom is 0.0443 e. The first-order chi connectivity index (χ1) is 8.20. The van der Waals surface area contributed by atoms with Crippen molar-refractivity contribution in [3.8, 4) is 0 Å². The first kappa shape index (κ1) is 11.5. The van der Waals surface area contributed by atoms with Gasteiger partial charge in [0.2, 0.25) is 0 Å². The monoisotopic (exact) mass is 226 g/mol. The van der Waals surface area contributed by atoms with Gasteiger partial charge >= 0.3 is 0 Å². The zero-order valence-corrected chi connectivity index (χ0v) is 10.5. The highest BCUT2D eigenvalue weighted by molar-refractivity contribution is 5.69. The molecule has 2 nitrogen and oxygen atoms in total. The summed E-state index contributed by atoms with van der Waals surface area (Å²) < 4.78 is 0. The van der Waals surface area contributed by atoms with E-state index < -0.39 is 0 Å². The number of benzene rings is 2. The van der Waals surface area contributed by atoms with E-state index in [4.69, 9.17) is 0 Å². The van der Waals surface area contributed by atoms with E-state index in [9.17, 15) is 0 Å².